The molecule has 0 unspecified atom stereocenters. The summed E-state index contributed by atoms with van der Waals surface area (Å²) in [5, 5.41) is 24.0. The number of nitrogens with one attached hydrogen (secondary N) is 1. The molecule has 1 aliphatic rings. The van der Waals surface area contributed by atoms with Crippen molar-refractivity contribution in [2.45, 2.75) is 51.7 Å². The zero-order valence-electron chi connectivity index (χ0n) is 25.4. The monoisotopic (exact) mass is 625 g/mol. The number of aromatic nitrogens is 6. The van der Waals surface area contributed by atoms with Gasteiger partial charge in [0.1, 0.15) is 33.7 Å². The highest BCUT2D eigenvalue weighted by molar-refractivity contribution is 7.15. The molecule has 1 aromatic carbocycles. The number of ether oxygens (including phenoxy) is 2. The molecule has 4 aromatic heterocycles. The highest BCUT2D eigenvalue weighted by atomic mass is 32.1. The number of pyridine rings is 2. The van der Waals surface area contributed by atoms with E-state index in [9.17, 15) is 9.90 Å². The summed E-state index contributed by atoms with van der Waals surface area (Å²) in [4.78, 5) is 26.9. The van der Waals surface area contributed by atoms with Crippen molar-refractivity contribution in [1.82, 2.24) is 29.9 Å². The summed E-state index contributed by atoms with van der Waals surface area (Å²) in [5.74, 6) is 1.72. The predicted molar refractivity (Wildman–Crippen MR) is 171 cm³/mol. The fourth-order valence-electron chi connectivity index (χ4n) is 5.49. The van der Waals surface area contributed by atoms with Crippen LogP contribution in [0, 0.1) is 12.8 Å². The van der Waals surface area contributed by atoms with Crippen molar-refractivity contribution >= 4 is 28.9 Å². The van der Waals surface area contributed by atoms with E-state index in [0.29, 0.717) is 55.5 Å². The number of hydrogen-bond donors (Lipinski definition) is 2. The number of benzene rings is 1. The van der Waals surface area contributed by atoms with E-state index in [1.165, 1.54) is 11.3 Å². The van der Waals surface area contributed by atoms with Crippen molar-refractivity contribution in [1.29, 1.82) is 0 Å². The van der Waals surface area contributed by atoms with E-state index in [1.807, 2.05) is 68.6 Å². The molecule has 0 saturated heterocycles. The van der Waals surface area contributed by atoms with Crippen LogP contribution in [0.4, 0.5) is 11.6 Å². The summed E-state index contributed by atoms with van der Waals surface area (Å²) in [6, 6.07) is 15.6. The predicted octanol–water partition coefficient (Wildman–Crippen LogP) is 5.91. The van der Waals surface area contributed by atoms with Gasteiger partial charge in [0, 0.05) is 18.0 Å². The fraction of sp³-hybridized carbons (Fsp3) is 0.333. The Kier molecular flexibility index (Phi) is 8.85. The van der Waals surface area contributed by atoms with Gasteiger partial charge in [-0.25, -0.2) is 19.6 Å². The Labute approximate surface area is 265 Å². The molecule has 0 aliphatic heterocycles. The Hall–Kier alpha value is -4.68. The fourth-order valence-corrected chi connectivity index (χ4v) is 6.51. The summed E-state index contributed by atoms with van der Waals surface area (Å²) in [6.07, 6.45) is 7.48. The molecular formula is C33H35N7O4S. The minimum Gasteiger partial charge on any atom is -0.497 e. The molecule has 11 nitrogen and oxygen atoms in total. The maximum Gasteiger partial charge on any atom is 0.308 e. The molecule has 5 aromatic rings. The number of esters is 1. The quantitative estimate of drug-likeness (QED) is 0.180. The summed E-state index contributed by atoms with van der Waals surface area (Å²) in [6.45, 7) is 4.77. The van der Waals surface area contributed by atoms with Crippen molar-refractivity contribution < 1.29 is 19.4 Å². The van der Waals surface area contributed by atoms with Gasteiger partial charge in [0.25, 0.3) is 0 Å². The van der Waals surface area contributed by atoms with Crippen molar-refractivity contribution in [3.8, 4) is 27.6 Å². The van der Waals surface area contributed by atoms with E-state index in [2.05, 4.69) is 25.6 Å². The molecule has 0 spiro atoms. The van der Waals surface area contributed by atoms with E-state index >= 15 is 0 Å². The molecule has 0 atom stereocenters. The molecule has 0 radical (unpaired) electrons. The van der Waals surface area contributed by atoms with Crippen LogP contribution in [0.1, 0.15) is 48.7 Å². The molecule has 1 aliphatic carbocycles. The van der Waals surface area contributed by atoms with Crippen molar-refractivity contribution in [2.24, 2.45) is 5.92 Å². The maximum absolute atomic E-state index is 12.2. The van der Waals surface area contributed by atoms with Gasteiger partial charge in [-0.05, 0) is 87.1 Å². The van der Waals surface area contributed by atoms with E-state index < -0.39 is 5.60 Å². The molecule has 1 saturated carbocycles. The van der Waals surface area contributed by atoms with Gasteiger partial charge in [-0.2, -0.15) is 0 Å². The summed E-state index contributed by atoms with van der Waals surface area (Å²) >= 11 is 1.43. The molecule has 0 bridgehead atoms. The smallest absolute Gasteiger partial charge is 0.308 e. The Bertz CT molecular complexity index is 1780. The first-order chi connectivity index (χ1) is 21.8. The average Bonchev–Trinajstić information content (AvgIpc) is 3.73. The van der Waals surface area contributed by atoms with Gasteiger partial charge in [0.05, 0.1) is 42.9 Å². The van der Waals surface area contributed by atoms with Crippen LogP contribution in [0.2, 0.25) is 0 Å². The highest BCUT2D eigenvalue weighted by Crippen LogP contribution is 2.43. The number of hydrogen-bond acceptors (Lipinski definition) is 11. The first-order valence-corrected chi connectivity index (χ1v) is 15.7. The molecule has 2 N–H and O–H groups in total. The number of carbonyl (C=O) groups excluding carboxylic acids is 1. The third-order valence-electron chi connectivity index (χ3n) is 7.91. The first kappa shape index (κ1) is 30.4. The van der Waals surface area contributed by atoms with E-state index in [1.54, 1.807) is 24.2 Å². The lowest BCUT2D eigenvalue weighted by Crippen LogP contribution is -2.34. The zero-order chi connectivity index (χ0) is 31.4. The van der Waals surface area contributed by atoms with Crippen LogP contribution >= 0.6 is 11.3 Å². The van der Waals surface area contributed by atoms with Crippen LogP contribution in [0.15, 0.2) is 67.1 Å². The Balaban J connectivity index is 1.14. The summed E-state index contributed by atoms with van der Waals surface area (Å²) < 4.78 is 12.2. The third kappa shape index (κ3) is 7.02. The number of carbonyl (C=O) groups is 1. The molecule has 12 heteroatoms. The Morgan fingerprint density at radius 2 is 1.89 bits per heavy atom. The lowest BCUT2D eigenvalue weighted by Gasteiger charge is -2.33. The van der Waals surface area contributed by atoms with Gasteiger partial charge in [-0.15, -0.1) is 16.4 Å². The van der Waals surface area contributed by atoms with Crippen LogP contribution in [-0.2, 0) is 21.7 Å². The average molecular weight is 626 g/mol. The van der Waals surface area contributed by atoms with Gasteiger partial charge in [0.15, 0.2) is 0 Å². The normalized spacial score (nSPS) is 18.0. The number of rotatable bonds is 10. The van der Waals surface area contributed by atoms with Crippen LogP contribution < -0.4 is 10.1 Å². The number of methoxy groups -OCH3 is 1. The topological polar surface area (TPSA) is 137 Å². The molecule has 4 heterocycles. The number of aryl methyl sites for hydroxylation is 1. The number of thiazole rings is 1. The molecule has 45 heavy (non-hydrogen) atoms. The molecule has 0 amide bonds. The Morgan fingerprint density at radius 3 is 2.64 bits per heavy atom. The van der Waals surface area contributed by atoms with E-state index in [-0.39, 0.29) is 11.9 Å². The molecule has 1 fully saturated rings. The van der Waals surface area contributed by atoms with E-state index in [0.717, 1.165) is 38.7 Å². The zero-order valence-corrected chi connectivity index (χ0v) is 26.3. The van der Waals surface area contributed by atoms with Crippen LogP contribution in [0.25, 0.3) is 21.8 Å². The largest absolute Gasteiger partial charge is 0.497 e. The molecule has 6 rings (SSSR count). The second-order valence-electron chi connectivity index (χ2n) is 11.2. The van der Waals surface area contributed by atoms with Gasteiger partial charge in [-0.1, -0.05) is 17.3 Å². The minimum absolute atomic E-state index is 0.171. The van der Waals surface area contributed by atoms with Crippen molar-refractivity contribution in [3.63, 3.8) is 0 Å². The van der Waals surface area contributed by atoms with Crippen molar-refractivity contribution in [2.75, 3.05) is 19.0 Å². The SMILES string of the molecule is CCOC(=O)C1CCC(O)(c2ncc(-c3cc(C)cc(Nc4cc(-c5cn(Cc6ccc(OC)cc6)nn5)ccn4)n3)s2)CC1. The lowest BCUT2D eigenvalue weighted by molar-refractivity contribution is -0.151. The second-order valence-corrected chi connectivity index (χ2v) is 12.2. The molecular weight excluding hydrogens is 590 g/mol. The van der Waals surface area contributed by atoms with Gasteiger partial charge in [-0.3, -0.25) is 4.79 Å². The Morgan fingerprint density at radius 1 is 1.09 bits per heavy atom. The lowest BCUT2D eigenvalue weighted by atomic mass is 9.79. The highest BCUT2D eigenvalue weighted by Gasteiger charge is 2.39. The maximum atomic E-state index is 12.2. The minimum atomic E-state index is -1.06. The number of nitrogens with zero attached hydrogens (tertiary/aromatic N) is 6. The van der Waals surface area contributed by atoms with Crippen LogP contribution in [0.3, 0.4) is 0 Å². The van der Waals surface area contributed by atoms with Crippen LogP contribution in [-0.4, -0.2) is 54.7 Å². The summed E-state index contributed by atoms with van der Waals surface area (Å²) in [5.41, 5.74) is 3.41. The third-order valence-corrected chi connectivity index (χ3v) is 9.13. The summed E-state index contributed by atoms with van der Waals surface area (Å²) in [7, 11) is 1.65. The molecule has 232 valence electrons. The standard InChI is InChI=1S/C33H35N7O4S/c1-4-44-31(41)23-9-12-33(42,13-10-23)32-35-18-28(45-32)26-15-21(2)16-30(36-26)37-29-17-24(11-14-34-29)27-20-40(39-38-27)19-22-5-7-25(43-3)8-6-22/h5-8,11,14-18,20,23,42H,4,9-10,12-13,19H2,1-3H3,(H,34,36,37). The van der Waals surface area contributed by atoms with Crippen molar-refractivity contribution in [3.05, 3.63) is 83.3 Å². The first-order valence-electron chi connectivity index (χ1n) is 14.9. The van der Waals surface area contributed by atoms with Gasteiger partial charge in [0.2, 0.25) is 0 Å². The van der Waals surface area contributed by atoms with Gasteiger partial charge >= 0.3 is 5.97 Å². The van der Waals surface area contributed by atoms with Gasteiger partial charge < -0.3 is 19.9 Å². The second kappa shape index (κ2) is 13.1. The van der Waals surface area contributed by atoms with E-state index in [4.69, 9.17) is 14.5 Å². The number of aliphatic hydroxyl groups is 1. The van der Waals surface area contributed by atoms with Crippen LogP contribution in [0.5, 0.6) is 5.75 Å². The number of anilines is 2.